The van der Waals surface area contributed by atoms with Crippen LogP contribution in [0.4, 0.5) is 0 Å². The lowest BCUT2D eigenvalue weighted by Crippen LogP contribution is -2.44. The summed E-state index contributed by atoms with van der Waals surface area (Å²) in [5.74, 6) is 0. The number of hydrogen-bond donors (Lipinski definition) is 0. The Morgan fingerprint density at radius 1 is 1.21 bits per heavy atom. The predicted octanol–water partition coefficient (Wildman–Crippen LogP) is 2.16. The summed E-state index contributed by atoms with van der Waals surface area (Å²) < 4.78 is 0. The molecule has 84 valence electrons. The van der Waals surface area contributed by atoms with Crippen LogP contribution in [0.1, 0.15) is 41.0 Å². The molecule has 0 aromatic carbocycles. The summed E-state index contributed by atoms with van der Waals surface area (Å²) in [5, 5.41) is 10.7. The maximum atomic E-state index is 10.7. The fourth-order valence-corrected chi connectivity index (χ4v) is 1.61. The van der Waals surface area contributed by atoms with Crippen LogP contribution in [0.25, 0.3) is 0 Å². The third-order valence-corrected chi connectivity index (χ3v) is 2.52. The van der Waals surface area contributed by atoms with E-state index in [0.29, 0.717) is 25.0 Å². The van der Waals surface area contributed by atoms with Crippen LogP contribution in [-0.4, -0.2) is 34.5 Å². The molecule has 0 amide bonds. The van der Waals surface area contributed by atoms with Crippen molar-refractivity contribution in [2.75, 3.05) is 6.54 Å². The summed E-state index contributed by atoms with van der Waals surface area (Å²) in [6, 6.07) is 0.299. The third kappa shape index (κ3) is 4.05. The van der Waals surface area contributed by atoms with Gasteiger partial charge < -0.3 is 0 Å². The zero-order valence-electron chi connectivity index (χ0n) is 9.86. The highest BCUT2D eigenvalue weighted by Crippen LogP contribution is 2.09. The molecule has 0 aromatic rings. The highest BCUT2D eigenvalue weighted by molar-refractivity contribution is 4.71. The Morgan fingerprint density at radius 2 is 1.64 bits per heavy atom. The quantitative estimate of drug-likeness (QED) is 0.490. The van der Waals surface area contributed by atoms with Gasteiger partial charge in [0.05, 0.1) is 6.54 Å². The van der Waals surface area contributed by atoms with Gasteiger partial charge in [0.15, 0.2) is 0 Å². The van der Waals surface area contributed by atoms with Gasteiger partial charge in [-0.1, -0.05) is 6.92 Å². The van der Waals surface area contributed by atoms with Gasteiger partial charge in [0.1, 0.15) is 0 Å². The van der Waals surface area contributed by atoms with Crippen molar-refractivity contribution in [2.45, 2.75) is 59.2 Å². The van der Waals surface area contributed by atoms with Crippen LogP contribution in [-0.2, 0) is 0 Å². The van der Waals surface area contributed by atoms with E-state index in [1.165, 1.54) is 0 Å². The first-order chi connectivity index (χ1) is 6.40. The number of hydrogen-bond acceptors (Lipinski definition) is 3. The maximum Gasteiger partial charge on any atom is 0.225 e. The van der Waals surface area contributed by atoms with Crippen molar-refractivity contribution in [3.63, 3.8) is 0 Å². The zero-order valence-corrected chi connectivity index (χ0v) is 9.86. The predicted molar refractivity (Wildman–Crippen MR) is 58.1 cm³/mol. The standard InChI is InChI=1S/C10H22N2O2/c1-6-10(12(13)14)7-11(8(2)3)9(4)5/h8-10H,6-7H2,1-5H3. The number of nitro groups is 1. The second-order valence-corrected chi connectivity index (χ2v) is 4.23. The molecule has 4 nitrogen and oxygen atoms in total. The molecule has 0 aliphatic rings. The molecule has 0 heterocycles. The van der Waals surface area contributed by atoms with Gasteiger partial charge in [0, 0.05) is 23.4 Å². The summed E-state index contributed by atoms with van der Waals surface area (Å²) in [6.45, 7) is 10.7. The van der Waals surface area contributed by atoms with Crippen LogP contribution in [0.3, 0.4) is 0 Å². The first kappa shape index (κ1) is 13.4. The van der Waals surface area contributed by atoms with Crippen molar-refractivity contribution in [2.24, 2.45) is 0 Å². The van der Waals surface area contributed by atoms with Gasteiger partial charge in [-0.25, -0.2) is 0 Å². The van der Waals surface area contributed by atoms with E-state index in [4.69, 9.17) is 0 Å². The molecule has 0 radical (unpaired) electrons. The first-order valence-corrected chi connectivity index (χ1v) is 5.29. The molecular weight excluding hydrogens is 180 g/mol. The fraction of sp³-hybridized carbons (Fsp3) is 1.00. The summed E-state index contributed by atoms with van der Waals surface area (Å²) >= 11 is 0. The largest absolute Gasteiger partial charge is 0.292 e. The smallest absolute Gasteiger partial charge is 0.225 e. The Hall–Kier alpha value is -0.640. The van der Waals surface area contributed by atoms with Gasteiger partial charge in [-0.15, -0.1) is 0 Å². The van der Waals surface area contributed by atoms with Gasteiger partial charge >= 0.3 is 0 Å². The molecule has 1 unspecified atom stereocenters. The van der Waals surface area contributed by atoms with Crippen LogP contribution in [0.2, 0.25) is 0 Å². The van der Waals surface area contributed by atoms with E-state index in [-0.39, 0.29) is 4.92 Å². The van der Waals surface area contributed by atoms with E-state index >= 15 is 0 Å². The van der Waals surface area contributed by atoms with E-state index in [1.54, 1.807) is 0 Å². The molecule has 0 bridgehead atoms. The summed E-state index contributed by atoms with van der Waals surface area (Å²) in [6.07, 6.45) is 0.600. The third-order valence-electron chi connectivity index (χ3n) is 2.52. The Balaban J connectivity index is 4.34. The molecule has 4 heteroatoms. The molecule has 0 aliphatic heterocycles. The van der Waals surface area contributed by atoms with Crippen LogP contribution in [0.5, 0.6) is 0 Å². The summed E-state index contributed by atoms with van der Waals surface area (Å²) in [7, 11) is 0. The average molecular weight is 202 g/mol. The van der Waals surface area contributed by atoms with Gasteiger partial charge in [0.25, 0.3) is 0 Å². The van der Waals surface area contributed by atoms with Crippen molar-refractivity contribution in [3.05, 3.63) is 10.1 Å². The van der Waals surface area contributed by atoms with Gasteiger partial charge in [0.2, 0.25) is 6.04 Å². The second kappa shape index (κ2) is 5.96. The van der Waals surface area contributed by atoms with E-state index in [1.807, 2.05) is 6.92 Å². The average Bonchev–Trinajstić information content (AvgIpc) is 2.03. The molecule has 0 N–H and O–H groups in total. The maximum absolute atomic E-state index is 10.7. The van der Waals surface area contributed by atoms with Crippen LogP contribution >= 0.6 is 0 Å². The van der Waals surface area contributed by atoms with Crippen LogP contribution in [0.15, 0.2) is 0 Å². The van der Waals surface area contributed by atoms with E-state index in [9.17, 15) is 10.1 Å². The molecule has 0 rings (SSSR count). The van der Waals surface area contributed by atoms with Gasteiger partial charge in [-0.3, -0.25) is 15.0 Å². The van der Waals surface area contributed by atoms with E-state index in [2.05, 4.69) is 32.6 Å². The summed E-state index contributed by atoms with van der Waals surface area (Å²) in [4.78, 5) is 12.7. The van der Waals surface area contributed by atoms with Crippen molar-refractivity contribution in [1.29, 1.82) is 0 Å². The molecule has 0 aromatic heterocycles. The molecule has 0 fully saturated rings. The molecular formula is C10H22N2O2. The first-order valence-electron chi connectivity index (χ1n) is 5.29. The molecule has 1 atom stereocenters. The molecule has 0 saturated carbocycles. The van der Waals surface area contributed by atoms with Crippen molar-refractivity contribution >= 4 is 0 Å². The van der Waals surface area contributed by atoms with Crippen molar-refractivity contribution in [3.8, 4) is 0 Å². The Bertz CT molecular complexity index is 173. The molecule has 0 saturated heterocycles. The highest BCUT2D eigenvalue weighted by atomic mass is 16.6. The normalized spacial score (nSPS) is 14.0. The lowest BCUT2D eigenvalue weighted by Gasteiger charge is -2.30. The van der Waals surface area contributed by atoms with E-state index in [0.717, 1.165) is 0 Å². The minimum atomic E-state index is -0.431. The topological polar surface area (TPSA) is 46.4 Å². The lowest BCUT2D eigenvalue weighted by molar-refractivity contribution is -0.523. The molecule has 0 spiro atoms. The lowest BCUT2D eigenvalue weighted by atomic mass is 10.1. The number of rotatable bonds is 6. The van der Waals surface area contributed by atoms with Crippen LogP contribution in [0, 0.1) is 10.1 Å². The minimum absolute atomic E-state index is 0.169. The van der Waals surface area contributed by atoms with Gasteiger partial charge in [-0.2, -0.15) is 0 Å². The molecule has 14 heavy (non-hydrogen) atoms. The number of nitrogens with zero attached hydrogens (tertiary/aromatic N) is 2. The van der Waals surface area contributed by atoms with Crippen molar-refractivity contribution < 1.29 is 4.92 Å². The monoisotopic (exact) mass is 202 g/mol. The molecule has 0 aliphatic carbocycles. The SMILES string of the molecule is CCC(CN(C(C)C)C(C)C)[N+](=O)[O-]. The Morgan fingerprint density at radius 3 is 1.86 bits per heavy atom. The second-order valence-electron chi connectivity index (χ2n) is 4.23. The van der Waals surface area contributed by atoms with Crippen LogP contribution < -0.4 is 0 Å². The summed E-state index contributed by atoms with van der Waals surface area (Å²) in [5.41, 5.74) is 0. The fourth-order valence-electron chi connectivity index (χ4n) is 1.61. The Labute approximate surface area is 86.4 Å². The highest BCUT2D eigenvalue weighted by Gasteiger charge is 2.24. The van der Waals surface area contributed by atoms with E-state index < -0.39 is 6.04 Å². The zero-order chi connectivity index (χ0) is 11.3. The van der Waals surface area contributed by atoms with Gasteiger partial charge in [-0.05, 0) is 27.7 Å². The minimum Gasteiger partial charge on any atom is -0.292 e. The Kier molecular flexibility index (Phi) is 5.69. The van der Waals surface area contributed by atoms with Crippen molar-refractivity contribution in [1.82, 2.24) is 4.90 Å².